The van der Waals surface area contributed by atoms with Gasteiger partial charge in [-0.1, -0.05) is 0 Å². The molecule has 0 aliphatic rings. The summed E-state index contributed by atoms with van der Waals surface area (Å²) in [4.78, 5) is 26.4. The SMILES string of the molecule is COC(=O)C(C)n1cnc2cc(C(=O)O)ccc21. The number of fused-ring (bicyclic) bond motifs is 1. The number of nitrogens with zero attached hydrogens (tertiary/aromatic N) is 2. The first-order valence-corrected chi connectivity index (χ1v) is 5.32. The van der Waals surface area contributed by atoms with Gasteiger partial charge in [0.05, 0.1) is 30.0 Å². The Bertz CT molecular complexity index is 618. The van der Waals surface area contributed by atoms with Crippen LogP contribution in [-0.2, 0) is 9.53 Å². The number of esters is 1. The quantitative estimate of drug-likeness (QED) is 0.832. The summed E-state index contributed by atoms with van der Waals surface area (Å²) in [5.41, 5.74) is 1.39. The molecule has 0 aliphatic heterocycles. The van der Waals surface area contributed by atoms with E-state index in [2.05, 4.69) is 9.72 Å². The molecule has 0 aliphatic carbocycles. The van der Waals surface area contributed by atoms with Gasteiger partial charge in [-0.15, -0.1) is 0 Å². The van der Waals surface area contributed by atoms with Crippen molar-refractivity contribution >= 4 is 23.0 Å². The highest BCUT2D eigenvalue weighted by atomic mass is 16.5. The van der Waals surface area contributed by atoms with E-state index >= 15 is 0 Å². The van der Waals surface area contributed by atoms with Crippen molar-refractivity contribution in [1.29, 1.82) is 0 Å². The number of carbonyl (C=O) groups excluding carboxylic acids is 1. The summed E-state index contributed by atoms with van der Waals surface area (Å²) < 4.78 is 6.31. The van der Waals surface area contributed by atoms with E-state index in [1.54, 1.807) is 17.6 Å². The Hall–Kier alpha value is -2.37. The fourth-order valence-corrected chi connectivity index (χ4v) is 1.76. The summed E-state index contributed by atoms with van der Waals surface area (Å²) in [6, 6.07) is 4.08. The Morgan fingerprint density at radius 1 is 1.44 bits per heavy atom. The summed E-state index contributed by atoms with van der Waals surface area (Å²) in [6.45, 7) is 1.69. The molecule has 0 bridgehead atoms. The van der Waals surface area contributed by atoms with Gasteiger partial charge >= 0.3 is 11.9 Å². The zero-order valence-corrected chi connectivity index (χ0v) is 9.95. The lowest BCUT2D eigenvalue weighted by atomic mass is 10.2. The smallest absolute Gasteiger partial charge is 0.335 e. The molecule has 1 N–H and O–H groups in total. The highest BCUT2D eigenvalue weighted by Crippen LogP contribution is 2.19. The van der Waals surface area contributed by atoms with Crippen molar-refractivity contribution in [2.45, 2.75) is 13.0 Å². The number of aromatic carboxylic acids is 1. The first-order valence-electron chi connectivity index (χ1n) is 5.32. The fourth-order valence-electron chi connectivity index (χ4n) is 1.76. The second-order valence-corrected chi connectivity index (χ2v) is 3.86. The number of carboxylic acid groups (broad SMARTS) is 1. The second kappa shape index (κ2) is 4.48. The van der Waals surface area contributed by atoms with Crippen molar-refractivity contribution in [3.8, 4) is 0 Å². The van der Waals surface area contributed by atoms with Crippen LogP contribution in [0.15, 0.2) is 24.5 Å². The molecule has 0 radical (unpaired) electrons. The van der Waals surface area contributed by atoms with Crippen LogP contribution in [0.25, 0.3) is 11.0 Å². The zero-order chi connectivity index (χ0) is 13.3. The lowest BCUT2D eigenvalue weighted by Crippen LogP contribution is -2.16. The fraction of sp³-hybridized carbons (Fsp3) is 0.250. The number of rotatable bonds is 3. The summed E-state index contributed by atoms with van der Waals surface area (Å²) in [6.07, 6.45) is 1.50. The first-order chi connectivity index (χ1) is 8.54. The number of benzene rings is 1. The average Bonchev–Trinajstić information content (AvgIpc) is 2.79. The molecule has 1 aromatic carbocycles. The number of hydrogen-bond donors (Lipinski definition) is 1. The molecule has 6 heteroatoms. The number of carboxylic acids is 1. The lowest BCUT2D eigenvalue weighted by molar-refractivity contribution is -0.143. The van der Waals surface area contributed by atoms with Crippen LogP contribution in [0.2, 0.25) is 0 Å². The molecule has 1 atom stereocenters. The summed E-state index contributed by atoms with van der Waals surface area (Å²) in [7, 11) is 1.32. The van der Waals surface area contributed by atoms with Gasteiger partial charge in [-0.25, -0.2) is 14.6 Å². The minimum absolute atomic E-state index is 0.165. The van der Waals surface area contributed by atoms with E-state index in [9.17, 15) is 9.59 Å². The predicted molar refractivity (Wildman–Crippen MR) is 63.4 cm³/mol. The van der Waals surface area contributed by atoms with Crippen molar-refractivity contribution in [1.82, 2.24) is 9.55 Å². The molecule has 0 amide bonds. The molecule has 1 unspecified atom stereocenters. The number of carbonyl (C=O) groups is 2. The molecule has 0 saturated heterocycles. The van der Waals surface area contributed by atoms with Crippen LogP contribution in [0.5, 0.6) is 0 Å². The van der Waals surface area contributed by atoms with E-state index in [-0.39, 0.29) is 11.5 Å². The van der Waals surface area contributed by atoms with Crippen LogP contribution < -0.4 is 0 Å². The standard InChI is InChI=1S/C12H12N2O4/c1-7(12(17)18-2)14-6-13-9-5-8(11(15)16)3-4-10(9)14/h3-7H,1-2H3,(H,15,16). The third kappa shape index (κ3) is 1.92. The maximum absolute atomic E-state index is 11.5. The molecule has 1 aromatic heterocycles. The normalized spacial score (nSPS) is 12.3. The van der Waals surface area contributed by atoms with Crippen molar-refractivity contribution in [2.75, 3.05) is 7.11 Å². The van der Waals surface area contributed by atoms with Gasteiger partial charge in [0.25, 0.3) is 0 Å². The van der Waals surface area contributed by atoms with E-state index < -0.39 is 12.0 Å². The van der Waals surface area contributed by atoms with Gasteiger partial charge in [-0.05, 0) is 25.1 Å². The number of methoxy groups -OCH3 is 1. The number of ether oxygens (including phenoxy) is 1. The minimum atomic E-state index is -1.01. The molecule has 0 spiro atoms. The number of aromatic nitrogens is 2. The molecular formula is C12H12N2O4. The largest absolute Gasteiger partial charge is 0.478 e. The van der Waals surface area contributed by atoms with Crippen LogP contribution in [0.4, 0.5) is 0 Å². The molecule has 0 saturated carbocycles. The van der Waals surface area contributed by atoms with Gasteiger partial charge in [0.2, 0.25) is 0 Å². The van der Waals surface area contributed by atoms with Crippen LogP contribution in [0, 0.1) is 0 Å². The summed E-state index contributed by atoms with van der Waals surface area (Å²) >= 11 is 0. The maximum Gasteiger partial charge on any atom is 0.335 e. The third-order valence-electron chi connectivity index (χ3n) is 2.78. The Morgan fingerprint density at radius 3 is 2.78 bits per heavy atom. The van der Waals surface area contributed by atoms with E-state index in [0.717, 1.165) is 0 Å². The highest BCUT2D eigenvalue weighted by molar-refractivity contribution is 5.92. The molecule has 18 heavy (non-hydrogen) atoms. The van der Waals surface area contributed by atoms with E-state index in [4.69, 9.17) is 5.11 Å². The molecule has 2 rings (SSSR count). The topological polar surface area (TPSA) is 81.4 Å². The highest BCUT2D eigenvalue weighted by Gasteiger charge is 2.18. The third-order valence-corrected chi connectivity index (χ3v) is 2.78. The Labute approximate surface area is 103 Å². The van der Waals surface area contributed by atoms with Crippen molar-refractivity contribution in [2.24, 2.45) is 0 Å². The number of imidazole rings is 1. The van der Waals surface area contributed by atoms with Crippen LogP contribution in [0.1, 0.15) is 23.3 Å². The molecule has 6 nitrogen and oxygen atoms in total. The molecule has 0 fully saturated rings. The van der Waals surface area contributed by atoms with Gasteiger partial charge in [0, 0.05) is 0 Å². The van der Waals surface area contributed by atoms with Gasteiger partial charge in [-0.2, -0.15) is 0 Å². The van der Waals surface area contributed by atoms with Gasteiger partial charge in [0.15, 0.2) is 0 Å². The molecule has 2 aromatic rings. The monoisotopic (exact) mass is 248 g/mol. The lowest BCUT2D eigenvalue weighted by Gasteiger charge is -2.11. The van der Waals surface area contributed by atoms with Gasteiger partial charge in [0.1, 0.15) is 6.04 Å². The Morgan fingerprint density at radius 2 is 2.17 bits per heavy atom. The summed E-state index contributed by atoms with van der Waals surface area (Å²) in [5, 5.41) is 8.88. The zero-order valence-electron chi connectivity index (χ0n) is 9.95. The van der Waals surface area contributed by atoms with E-state index in [0.29, 0.717) is 11.0 Å². The Balaban J connectivity index is 2.49. The van der Waals surface area contributed by atoms with Gasteiger partial charge in [-0.3, -0.25) is 0 Å². The van der Waals surface area contributed by atoms with Crippen LogP contribution in [0.3, 0.4) is 0 Å². The Kier molecular flexibility index (Phi) is 3.01. The van der Waals surface area contributed by atoms with Crippen LogP contribution >= 0.6 is 0 Å². The van der Waals surface area contributed by atoms with Crippen molar-refractivity contribution < 1.29 is 19.4 Å². The van der Waals surface area contributed by atoms with Crippen molar-refractivity contribution in [3.63, 3.8) is 0 Å². The number of hydrogen-bond acceptors (Lipinski definition) is 4. The van der Waals surface area contributed by atoms with Gasteiger partial charge < -0.3 is 14.4 Å². The van der Waals surface area contributed by atoms with E-state index in [1.165, 1.54) is 25.6 Å². The predicted octanol–water partition coefficient (Wildman–Crippen LogP) is 1.47. The summed E-state index contributed by atoms with van der Waals surface area (Å²) in [5.74, 6) is -1.39. The molecule has 94 valence electrons. The second-order valence-electron chi connectivity index (χ2n) is 3.86. The maximum atomic E-state index is 11.5. The molecule has 1 heterocycles. The van der Waals surface area contributed by atoms with Crippen molar-refractivity contribution in [3.05, 3.63) is 30.1 Å². The molecular weight excluding hydrogens is 236 g/mol. The average molecular weight is 248 g/mol. The minimum Gasteiger partial charge on any atom is -0.478 e. The van der Waals surface area contributed by atoms with E-state index in [1.807, 2.05) is 0 Å². The van der Waals surface area contributed by atoms with Crippen LogP contribution in [-0.4, -0.2) is 33.7 Å². The first kappa shape index (κ1) is 12.1.